The van der Waals surface area contributed by atoms with Gasteiger partial charge in [0.2, 0.25) is 0 Å². The van der Waals surface area contributed by atoms with Crippen molar-refractivity contribution in [2.75, 3.05) is 13.1 Å². The first-order valence-electron chi connectivity index (χ1n) is 6.65. The Hall–Kier alpha value is -1.09. The quantitative estimate of drug-likeness (QED) is 0.872. The number of hydrogen-bond donors (Lipinski definition) is 1. The molecule has 1 atom stereocenters. The molecule has 0 bridgehead atoms. The number of aromatic amines is 1. The maximum absolute atomic E-state index is 11.4. The summed E-state index contributed by atoms with van der Waals surface area (Å²) in [7, 11) is 0. The fourth-order valence-corrected chi connectivity index (χ4v) is 2.74. The molecule has 2 heterocycles. The van der Waals surface area contributed by atoms with Crippen LogP contribution in [0.1, 0.15) is 49.8 Å². The summed E-state index contributed by atoms with van der Waals surface area (Å²) >= 11 is 0. The minimum atomic E-state index is 0.0339. The van der Waals surface area contributed by atoms with E-state index in [4.69, 9.17) is 0 Å². The van der Waals surface area contributed by atoms with Gasteiger partial charge in [0.15, 0.2) is 0 Å². The summed E-state index contributed by atoms with van der Waals surface area (Å²) in [5.74, 6) is 0. The first-order valence-corrected chi connectivity index (χ1v) is 6.65. The molecule has 94 valence electrons. The molecule has 17 heavy (non-hydrogen) atoms. The van der Waals surface area contributed by atoms with Crippen molar-refractivity contribution in [2.45, 2.75) is 45.6 Å². The predicted molar refractivity (Wildman–Crippen MR) is 70.3 cm³/mol. The van der Waals surface area contributed by atoms with E-state index in [1.807, 2.05) is 13.1 Å². The van der Waals surface area contributed by atoms with E-state index in [-0.39, 0.29) is 5.56 Å². The van der Waals surface area contributed by atoms with Crippen LogP contribution < -0.4 is 5.56 Å². The molecule has 3 heteroatoms. The van der Waals surface area contributed by atoms with Crippen LogP contribution in [0.25, 0.3) is 0 Å². The average Bonchev–Trinajstić information content (AvgIpc) is 2.34. The summed E-state index contributed by atoms with van der Waals surface area (Å²) in [5.41, 5.74) is 2.13. The zero-order valence-corrected chi connectivity index (χ0v) is 10.8. The van der Waals surface area contributed by atoms with Gasteiger partial charge in [-0.2, -0.15) is 0 Å². The largest absolute Gasteiger partial charge is 0.329 e. The van der Waals surface area contributed by atoms with Crippen LogP contribution in [0.3, 0.4) is 0 Å². The molecule has 0 amide bonds. The van der Waals surface area contributed by atoms with Crippen LogP contribution in [0.2, 0.25) is 0 Å². The van der Waals surface area contributed by atoms with E-state index in [2.05, 4.69) is 22.9 Å². The van der Waals surface area contributed by atoms with Gasteiger partial charge in [0.05, 0.1) is 0 Å². The summed E-state index contributed by atoms with van der Waals surface area (Å²) in [6.45, 7) is 6.46. The third kappa shape index (κ3) is 2.78. The molecule has 2 rings (SSSR count). The van der Waals surface area contributed by atoms with Gasteiger partial charge in [-0.25, -0.2) is 0 Å². The van der Waals surface area contributed by atoms with Gasteiger partial charge in [0.25, 0.3) is 5.56 Å². The Morgan fingerprint density at radius 3 is 3.00 bits per heavy atom. The van der Waals surface area contributed by atoms with Gasteiger partial charge in [-0.15, -0.1) is 0 Å². The van der Waals surface area contributed by atoms with Gasteiger partial charge in [-0.1, -0.05) is 13.3 Å². The van der Waals surface area contributed by atoms with Crippen molar-refractivity contribution in [2.24, 2.45) is 0 Å². The summed E-state index contributed by atoms with van der Waals surface area (Å²) in [5, 5.41) is 0. The minimum Gasteiger partial charge on any atom is -0.329 e. The molecule has 1 fully saturated rings. The lowest BCUT2D eigenvalue weighted by atomic mass is 9.95. The molecule has 3 nitrogen and oxygen atoms in total. The zero-order chi connectivity index (χ0) is 12.3. The zero-order valence-electron chi connectivity index (χ0n) is 10.8. The third-order valence-electron chi connectivity index (χ3n) is 3.62. The molecule has 0 spiro atoms. The van der Waals surface area contributed by atoms with E-state index in [0.29, 0.717) is 6.04 Å². The monoisotopic (exact) mass is 234 g/mol. The normalized spacial score (nSPS) is 21.6. The number of H-pyrrole nitrogens is 1. The maximum atomic E-state index is 11.4. The number of nitrogens with zero attached hydrogens (tertiary/aromatic N) is 1. The number of aryl methyl sites for hydroxylation is 1. The number of hydrogen-bond acceptors (Lipinski definition) is 2. The molecule has 1 saturated heterocycles. The summed E-state index contributed by atoms with van der Waals surface area (Å²) in [6, 6.07) is 2.55. The van der Waals surface area contributed by atoms with Crippen LogP contribution in [-0.4, -0.2) is 23.0 Å². The lowest BCUT2D eigenvalue weighted by molar-refractivity contribution is 0.148. The van der Waals surface area contributed by atoms with E-state index in [1.54, 1.807) is 0 Å². The molecule has 0 unspecified atom stereocenters. The first kappa shape index (κ1) is 12.4. The Balaban J connectivity index is 2.23. The van der Waals surface area contributed by atoms with Crippen LogP contribution >= 0.6 is 0 Å². The predicted octanol–water partition coefficient (Wildman–Crippen LogP) is 2.62. The van der Waals surface area contributed by atoms with Crippen molar-refractivity contribution >= 4 is 0 Å². The number of nitrogens with one attached hydrogen (secondary N) is 1. The fraction of sp³-hybridized carbons (Fsp3) is 0.643. The second kappa shape index (κ2) is 5.50. The molecule has 0 aromatic carbocycles. The van der Waals surface area contributed by atoms with E-state index in [9.17, 15) is 4.79 Å². The molecular formula is C14H22N2O. The van der Waals surface area contributed by atoms with Gasteiger partial charge in [0, 0.05) is 17.8 Å². The summed E-state index contributed by atoms with van der Waals surface area (Å²) in [6.07, 6.45) is 6.90. The third-order valence-corrected chi connectivity index (χ3v) is 3.62. The number of rotatable bonds is 3. The molecule has 1 aliphatic rings. The number of aromatic nitrogens is 1. The van der Waals surface area contributed by atoms with Gasteiger partial charge in [-0.05, 0) is 50.9 Å². The van der Waals surface area contributed by atoms with Crippen molar-refractivity contribution in [1.82, 2.24) is 9.88 Å². The number of piperidine rings is 1. The topological polar surface area (TPSA) is 36.1 Å². The second-order valence-electron chi connectivity index (χ2n) is 4.99. The van der Waals surface area contributed by atoms with Crippen LogP contribution in [0.4, 0.5) is 0 Å². The molecular weight excluding hydrogens is 212 g/mol. The van der Waals surface area contributed by atoms with Gasteiger partial charge >= 0.3 is 0 Å². The van der Waals surface area contributed by atoms with E-state index in [0.717, 1.165) is 12.1 Å². The SMILES string of the molecule is CCCN1CCCC[C@H]1c1c[nH]c(=O)c(C)c1. The molecule has 1 aliphatic heterocycles. The van der Waals surface area contributed by atoms with Gasteiger partial charge in [0.1, 0.15) is 0 Å². The second-order valence-corrected chi connectivity index (χ2v) is 4.99. The highest BCUT2D eigenvalue weighted by Crippen LogP contribution is 2.30. The molecule has 1 aromatic heterocycles. The van der Waals surface area contributed by atoms with E-state index in [1.165, 1.54) is 37.8 Å². The van der Waals surface area contributed by atoms with Crippen LogP contribution in [0.5, 0.6) is 0 Å². The highest BCUT2D eigenvalue weighted by molar-refractivity contribution is 5.20. The highest BCUT2D eigenvalue weighted by Gasteiger charge is 2.23. The molecule has 0 radical (unpaired) electrons. The van der Waals surface area contributed by atoms with Crippen LogP contribution in [-0.2, 0) is 0 Å². The average molecular weight is 234 g/mol. The molecule has 1 aromatic rings. The highest BCUT2D eigenvalue weighted by atomic mass is 16.1. The van der Waals surface area contributed by atoms with Crippen molar-refractivity contribution in [1.29, 1.82) is 0 Å². The van der Waals surface area contributed by atoms with Gasteiger partial charge < -0.3 is 4.98 Å². The minimum absolute atomic E-state index is 0.0339. The smallest absolute Gasteiger partial charge is 0.250 e. The number of likely N-dealkylation sites (tertiary alicyclic amines) is 1. The van der Waals surface area contributed by atoms with Crippen molar-refractivity contribution in [3.05, 3.63) is 33.7 Å². The first-order chi connectivity index (χ1) is 8.22. The van der Waals surface area contributed by atoms with Crippen molar-refractivity contribution in [3.63, 3.8) is 0 Å². The molecule has 0 aliphatic carbocycles. The fourth-order valence-electron chi connectivity index (χ4n) is 2.74. The Morgan fingerprint density at radius 1 is 1.47 bits per heavy atom. The Bertz CT molecular complexity index is 422. The molecule has 1 N–H and O–H groups in total. The van der Waals surface area contributed by atoms with Crippen molar-refractivity contribution in [3.8, 4) is 0 Å². The lowest BCUT2D eigenvalue weighted by Crippen LogP contribution is -2.34. The van der Waals surface area contributed by atoms with E-state index >= 15 is 0 Å². The van der Waals surface area contributed by atoms with E-state index < -0.39 is 0 Å². The van der Waals surface area contributed by atoms with Crippen LogP contribution in [0, 0.1) is 6.92 Å². The Labute approximate surface area is 103 Å². The standard InChI is InChI=1S/C14H22N2O/c1-3-7-16-8-5-4-6-13(16)12-9-11(2)14(17)15-10-12/h9-10,13H,3-8H2,1-2H3,(H,15,17)/t13-/m0/s1. The van der Waals surface area contributed by atoms with Crippen molar-refractivity contribution < 1.29 is 0 Å². The summed E-state index contributed by atoms with van der Waals surface area (Å²) in [4.78, 5) is 16.8. The maximum Gasteiger partial charge on any atom is 0.250 e. The lowest BCUT2D eigenvalue weighted by Gasteiger charge is -2.35. The Morgan fingerprint density at radius 2 is 2.29 bits per heavy atom. The van der Waals surface area contributed by atoms with Gasteiger partial charge in [-0.3, -0.25) is 9.69 Å². The summed E-state index contributed by atoms with van der Waals surface area (Å²) < 4.78 is 0. The molecule has 0 saturated carbocycles. The Kier molecular flexibility index (Phi) is 4.00. The number of pyridine rings is 1. The van der Waals surface area contributed by atoms with Crippen LogP contribution in [0.15, 0.2) is 17.1 Å².